The topological polar surface area (TPSA) is 0 Å². The average Bonchev–Trinajstić information content (AvgIpc) is 1.96. The van der Waals surface area contributed by atoms with Gasteiger partial charge in [-0.15, -0.1) is 0 Å². The summed E-state index contributed by atoms with van der Waals surface area (Å²) in [6.45, 7) is 3.36. The van der Waals surface area contributed by atoms with Crippen LogP contribution in [0, 0.1) is 17.5 Å². The van der Waals surface area contributed by atoms with Crippen LogP contribution in [0.4, 0.5) is 13.2 Å². The SMILES string of the molecule is CC(C)c1cc(F)cc(F)c1F. The minimum atomic E-state index is -1.13. The minimum absolute atomic E-state index is 0.0764. The number of hydrogen-bond acceptors (Lipinski definition) is 0. The molecule has 1 rings (SSSR count). The molecule has 12 heavy (non-hydrogen) atoms. The monoisotopic (exact) mass is 174 g/mol. The van der Waals surface area contributed by atoms with Crippen LogP contribution >= 0.6 is 0 Å². The van der Waals surface area contributed by atoms with Gasteiger partial charge in [0.25, 0.3) is 0 Å². The van der Waals surface area contributed by atoms with Gasteiger partial charge < -0.3 is 0 Å². The van der Waals surface area contributed by atoms with Crippen molar-refractivity contribution in [1.82, 2.24) is 0 Å². The molecule has 66 valence electrons. The Hall–Kier alpha value is -0.990. The highest BCUT2D eigenvalue weighted by Crippen LogP contribution is 2.21. The Labute approximate surface area is 69.0 Å². The number of rotatable bonds is 1. The lowest BCUT2D eigenvalue weighted by Crippen LogP contribution is -1.97. The van der Waals surface area contributed by atoms with Crippen molar-refractivity contribution in [3.63, 3.8) is 0 Å². The third-order valence-electron chi connectivity index (χ3n) is 1.64. The summed E-state index contributed by atoms with van der Waals surface area (Å²) in [6, 6.07) is 1.56. The van der Waals surface area contributed by atoms with Crippen molar-refractivity contribution < 1.29 is 13.2 Å². The first-order valence-corrected chi connectivity index (χ1v) is 3.67. The largest absolute Gasteiger partial charge is 0.207 e. The third kappa shape index (κ3) is 1.60. The number of halogens is 3. The van der Waals surface area contributed by atoms with Crippen LogP contribution in [0.1, 0.15) is 25.3 Å². The van der Waals surface area contributed by atoms with Crippen LogP contribution in [0.2, 0.25) is 0 Å². The van der Waals surface area contributed by atoms with E-state index in [1.807, 2.05) is 0 Å². The average molecular weight is 174 g/mol. The predicted octanol–water partition coefficient (Wildman–Crippen LogP) is 3.23. The molecule has 0 spiro atoms. The minimum Gasteiger partial charge on any atom is -0.207 e. The Balaban J connectivity index is 3.28. The summed E-state index contributed by atoms with van der Waals surface area (Å²) in [5.41, 5.74) is 0.0764. The smallest absolute Gasteiger partial charge is 0.162 e. The van der Waals surface area contributed by atoms with Crippen molar-refractivity contribution in [1.29, 1.82) is 0 Å². The van der Waals surface area contributed by atoms with Gasteiger partial charge in [0.05, 0.1) is 0 Å². The second-order valence-electron chi connectivity index (χ2n) is 2.95. The first-order chi connectivity index (χ1) is 5.52. The molecule has 0 aromatic heterocycles. The Morgan fingerprint density at radius 1 is 1.08 bits per heavy atom. The van der Waals surface area contributed by atoms with Crippen molar-refractivity contribution in [3.8, 4) is 0 Å². The lowest BCUT2D eigenvalue weighted by Gasteiger charge is -2.06. The zero-order valence-electron chi connectivity index (χ0n) is 6.87. The number of benzene rings is 1. The summed E-state index contributed by atoms with van der Waals surface area (Å²) < 4.78 is 38.0. The maximum absolute atomic E-state index is 12.9. The lowest BCUT2D eigenvalue weighted by atomic mass is 10.0. The van der Waals surface area contributed by atoms with Crippen LogP contribution in [0.5, 0.6) is 0 Å². The van der Waals surface area contributed by atoms with Gasteiger partial charge in [-0.2, -0.15) is 0 Å². The molecule has 0 amide bonds. The van der Waals surface area contributed by atoms with Crippen LogP contribution in [0.25, 0.3) is 0 Å². The van der Waals surface area contributed by atoms with Gasteiger partial charge in [-0.3, -0.25) is 0 Å². The van der Waals surface area contributed by atoms with Gasteiger partial charge in [0.15, 0.2) is 11.6 Å². The van der Waals surface area contributed by atoms with E-state index >= 15 is 0 Å². The molecule has 0 bridgehead atoms. The zero-order chi connectivity index (χ0) is 9.30. The second kappa shape index (κ2) is 3.17. The molecule has 0 aliphatic carbocycles. The summed E-state index contributed by atoms with van der Waals surface area (Å²) >= 11 is 0. The summed E-state index contributed by atoms with van der Waals surface area (Å²) in [4.78, 5) is 0. The molecule has 0 nitrogen and oxygen atoms in total. The lowest BCUT2D eigenvalue weighted by molar-refractivity contribution is 0.480. The molecule has 0 N–H and O–H groups in total. The maximum Gasteiger partial charge on any atom is 0.162 e. The fraction of sp³-hybridized carbons (Fsp3) is 0.333. The van der Waals surface area contributed by atoms with Crippen LogP contribution in [0.15, 0.2) is 12.1 Å². The van der Waals surface area contributed by atoms with Crippen molar-refractivity contribution in [2.75, 3.05) is 0 Å². The van der Waals surface area contributed by atoms with E-state index < -0.39 is 17.5 Å². The second-order valence-corrected chi connectivity index (χ2v) is 2.95. The van der Waals surface area contributed by atoms with E-state index in [2.05, 4.69) is 0 Å². The molecule has 3 heteroatoms. The summed E-state index contributed by atoms with van der Waals surface area (Å²) in [7, 11) is 0. The van der Waals surface area contributed by atoms with Gasteiger partial charge in [0.1, 0.15) is 5.82 Å². The van der Waals surface area contributed by atoms with E-state index in [4.69, 9.17) is 0 Å². The first-order valence-electron chi connectivity index (χ1n) is 3.67. The van der Waals surface area contributed by atoms with Gasteiger partial charge in [-0.05, 0) is 17.5 Å². The summed E-state index contributed by atoms with van der Waals surface area (Å²) in [5, 5.41) is 0. The highest BCUT2D eigenvalue weighted by atomic mass is 19.2. The van der Waals surface area contributed by atoms with Crippen LogP contribution in [-0.4, -0.2) is 0 Å². The number of hydrogen-bond donors (Lipinski definition) is 0. The molecule has 0 radical (unpaired) electrons. The highest BCUT2D eigenvalue weighted by molar-refractivity contribution is 5.22. The first kappa shape index (κ1) is 9.10. The van der Waals surface area contributed by atoms with Gasteiger partial charge >= 0.3 is 0 Å². The van der Waals surface area contributed by atoms with E-state index in [-0.39, 0.29) is 11.5 Å². The summed E-state index contributed by atoms with van der Waals surface area (Å²) in [5.74, 6) is -3.03. The molecule has 0 atom stereocenters. The third-order valence-corrected chi connectivity index (χ3v) is 1.64. The standard InChI is InChI=1S/C9H9F3/c1-5(2)7-3-6(10)4-8(11)9(7)12/h3-5H,1-2H3. The normalized spacial score (nSPS) is 10.8. The fourth-order valence-corrected chi connectivity index (χ4v) is 0.996. The van der Waals surface area contributed by atoms with Gasteiger partial charge in [-0.1, -0.05) is 13.8 Å². The van der Waals surface area contributed by atoms with E-state index in [0.717, 1.165) is 6.07 Å². The molecule has 1 aromatic rings. The van der Waals surface area contributed by atoms with E-state index in [1.165, 1.54) is 0 Å². The van der Waals surface area contributed by atoms with Gasteiger partial charge in [-0.25, -0.2) is 13.2 Å². The van der Waals surface area contributed by atoms with Crippen molar-refractivity contribution in [2.24, 2.45) is 0 Å². The molecule has 0 saturated carbocycles. The molecule has 0 aliphatic rings. The van der Waals surface area contributed by atoms with Gasteiger partial charge in [0.2, 0.25) is 0 Å². The molecular formula is C9H9F3. The van der Waals surface area contributed by atoms with Gasteiger partial charge in [0, 0.05) is 6.07 Å². The quantitative estimate of drug-likeness (QED) is 0.573. The van der Waals surface area contributed by atoms with Crippen molar-refractivity contribution in [3.05, 3.63) is 35.1 Å². The van der Waals surface area contributed by atoms with Crippen molar-refractivity contribution >= 4 is 0 Å². The van der Waals surface area contributed by atoms with Crippen LogP contribution in [0.3, 0.4) is 0 Å². The molecule has 0 unspecified atom stereocenters. The highest BCUT2D eigenvalue weighted by Gasteiger charge is 2.12. The van der Waals surface area contributed by atoms with Crippen LogP contribution < -0.4 is 0 Å². The molecule has 0 heterocycles. The fourth-order valence-electron chi connectivity index (χ4n) is 0.996. The Morgan fingerprint density at radius 3 is 2.17 bits per heavy atom. The molecule has 0 saturated heterocycles. The molecule has 1 aromatic carbocycles. The van der Waals surface area contributed by atoms with E-state index in [0.29, 0.717) is 6.07 Å². The Kier molecular flexibility index (Phi) is 2.40. The van der Waals surface area contributed by atoms with Crippen molar-refractivity contribution in [2.45, 2.75) is 19.8 Å². The Morgan fingerprint density at radius 2 is 1.67 bits per heavy atom. The summed E-state index contributed by atoms with van der Waals surface area (Å²) in [6.07, 6.45) is 0. The molecular weight excluding hydrogens is 165 g/mol. The zero-order valence-corrected chi connectivity index (χ0v) is 6.87. The predicted molar refractivity (Wildman–Crippen MR) is 40.4 cm³/mol. The van der Waals surface area contributed by atoms with Crippen LogP contribution in [-0.2, 0) is 0 Å². The molecule has 0 fully saturated rings. The van der Waals surface area contributed by atoms with E-state index in [9.17, 15) is 13.2 Å². The molecule has 0 aliphatic heterocycles. The maximum atomic E-state index is 12.9. The Bertz CT molecular complexity index is 292. The van der Waals surface area contributed by atoms with E-state index in [1.54, 1.807) is 13.8 Å².